The van der Waals surface area contributed by atoms with Crippen molar-refractivity contribution in [3.63, 3.8) is 0 Å². The first-order valence-corrected chi connectivity index (χ1v) is 6.26. The lowest BCUT2D eigenvalue weighted by molar-refractivity contribution is -0.385. The zero-order valence-corrected chi connectivity index (χ0v) is 10.8. The number of nitrogens with zero attached hydrogens (tertiary/aromatic N) is 1. The van der Waals surface area contributed by atoms with Crippen molar-refractivity contribution < 1.29 is 14.4 Å². The maximum absolute atomic E-state index is 11.0. The highest BCUT2D eigenvalue weighted by Gasteiger charge is 2.23. The van der Waals surface area contributed by atoms with Crippen LogP contribution in [-0.2, 0) is 6.42 Å². The lowest BCUT2D eigenvalue weighted by Crippen LogP contribution is -2.16. The molecule has 5 nitrogen and oxygen atoms in total. The van der Waals surface area contributed by atoms with Gasteiger partial charge >= 0.3 is 0 Å². The summed E-state index contributed by atoms with van der Waals surface area (Å²) in [4.78, 5) is 10.6. The van der Waals surface area contributed by atoms with Crippen LogP contribution in [0.25, 0.3) is 0 Å². The first kappa shape index (κ1) is 13.0. The highest BCUT2D eigenvalue weighted by atomic mass is 35.5. The van der Waals surface area contributed by atoms with Gasteiger partial charge in [0.05, 0.1) is 11.0 Å². The van der Waals surface area contributed by atoms with Gasteiger partial charge in [0.15, 0.2) is 11.5 Å². The second kappa shape index (κ2) is 5.44. The van der Waals surface area contributed by atoms with Gasteiger partial charge in [-0.3, -0.25) is 10.1 Å². The molecule has 1 aromatic carbocycles. The van der Waals surface area contributed by atoms with E-state index in [-0.39, 0.29) is 11.1 Å². The van der Waals surface area contributed by atoms with Crippen LogP contribution in [0.5, 0.6) is 11.5 Å². The molecule has 1 atom stereocenters. The number of halogens is 1. The van der Waals surface area contributed by atoms with Crippen molar-refractivity contribution in [3.8, 4) is 11.5 Å². The summed E-state index contributed by atoms with van der Waals surface area (Å²) in [5.41, 5.74) is 0.629. The van der Waals surface area contributed by atoms with Crippen LogP contribution in [0.15, 0.2) is 12.1 Å². The molecule has 1 unspecified atom stereocenters. The average molecular weight is 272 g/mol. The Labute approximate surface area is 110 Å². The highest BCUT2D eigenvalue weighted by Crippen LogP contribution is 2.37. The van der Waals surface area contributed by atoms with E-state index in [1.54, 1.807) is 6.07 Å². The number of nitro groups is 1. The molecule has 0 N–H and O–H groups in total. The fourth-order valence-electron chi connectivity index (χ4n) is 1.84. The minimum Gasteiger partial charge on any atom is -0.486 e. The van der Waals surface area contributed by atoms with Crippen LogP contribution in [0.3, 0.4) is 0 Å². The van der Waals surface area contributed by atoms with Crippen molar-refractivity contribution >= 4 is 17.3 Å². The largest absolute Gasteiger partial charge is 0.486 e. The summed E-state index contributed by atoms with van der Waals surface area (Å²) >= 11 is 6.06. The molecule has 1 aliphatic heterocycles. The Hall–Kier alpha value is -1.49. The summed E-state index contributed by atoms with van der Waals surface area (Å²) in [5.74, 6) is 0.987. The lowest BCUT2D eigenvalue weighted by atomic mass is 10.0. The molecule has 0 fully saturated rings. The van der Waals surface area contributed by atoms with E-state index in [1.807, 2.05) is 6.92 Å². The van der Waals surface area contributed by atoms with Gasteiger partial charge in [-0.2, -0.15) is 0 Å². The van der Waals surface area contributed by atoms with E-state index in [4.69, 9.17) is 21.1 Å². The number of alkyl halides is 1. The molecule has 2 rings (SSSR count). The third kappa shape index (κ3) is 2.67. The Kier molecular flexibility index (Phi) is 3.91. The molecule has 18 heavy (non-hydrogen) atoms. The number of fused-ring (bicyclic) bond motifs is 1. The standard InChI is InChI=1S/C12H14ClNO4/c1-2-9(13)5-8-6-11-12(18-4-3-17-11)7-10(8)14(15)16/h6-7,9H,2-5H2,1H3. The zero-order chi connectivity index (χ0) is 13.1. The molecule has 0 aromatic heterocycles. The summed E-state index contributed by atoms with van der Waals surface area (Å²) in [6, 6.07) is 3.08. The highest BCUT2D eigenvalue weighted by molar-refractivity contribution is 6.20. The van der Waals surface area contributed by atoms with E-state index in [2.05, 4.69) is 0 Å². The Balaban J connectivity index is 2.39. The Morgan fingerprint density at radius 2 is 2.00 bits per heavy atom. The second-order valence-electron chi connectivity index (χ2n) is 4.09. The molecule has 0 saturated carbocycles. The molecule has 0 saturated heterocycles. The van der Waals surface area contributed by atoms with Crippen LogP contribution in [0, 0.1) is 10.1 Å². The number of nitro benzene ring substituents is 1. The van der Waals surface area contributed by atoms with Gasteiger partial charge in [-0.25, -0.2) is 0 Å². The quantitative estimate of drug-likeness (QED) is 0.480. The van der Waals surface area contributed by atoms with Gasteiger partial charge in [0, 0.05) is 10.9 Å². The number of ether oxygens (including phenoxy) is 2. The summed E-state index contributed by atoms with van der Waals surface area (Å²) < 4.78 is 10.8. The predicted octanol–water partition coefficient (Wildman–Crippen LogP) is 2.93. The van der Waals surface area contributed by atoms with Crippen LogP contribution < -0.4 is 9.47 Å². The predicted molar refractivity (Wildman–Crippen MR) is 67.7 cm³/mol. The van der Waals surface area contributed by atoms with Crippen LogP contribution in [0.2, 0.25) is 0 Å². The zero-order valence-electron chi connectivity index (χ0n) is 10.0. The normalized spacial score (nSPS) is 15.2. The number of hydrogen-bond donors (Lipinski definition) is 0. The van der Waals surface area contributed by atoms with Gasteiger partial charge in [-0.1, -0.05) is 6.92 Å². The monoisotopic (exact) mass is 271 g/mol. The Morgan fingerprint density at radius 1 is 1.39 bits per heavy atom. The topological polar surface area (TPSA) is 61.6 Å². The Morgan fingerprint density at radius 3 is 2.56 bits per heavy atom. The maximum Gasteiger partial charge on any atom is 0.276 e. The molecule has 0 spiro atoms. The summed E-state index contributed by atoms with van der Waals surface area (Å²) in [5, 5.41) is 10.9. The third-order valence-corrected chi connectivity index (χ3v) is 3.29. The van der Waals surface area contributed by atoms with E-state index in [9.17, 15) is 10.1 Å². The fourth-order valence-corrected chi connectivity index (χ4v) is 2.00. The van der Waals surface area contributed by atoms with Crippen molar-refractivity contribution in [2.75, 3.05) is 13.2 Å². The van der Waals surface area contributed by atoms with Gasteiger partial charge in [0.25, 0.3) is 5.69 Å². The van der Waals surface area contributed by atoms with Gasteiger partial charge < -0.3 is 9.47 Å². The smallest absolute Gasteiger partial charge is 0.276 e. The van der Waals surface area contributed by atoms with Crippen molar-refractivity contribution in [1.82, 2.24) is 0 Å². The molecule has 1 heterocycles. The minimum absolute atomic E-state index is 0.0401. The molecule has 0 amide bonds. The molecule has 0 radical (unpaired) electrons. The molecule has 0 bridgehead atoms. The number of hydrogen-bond acceptors (Lipinski definition) is 4. The summed E-state index contributed by atoms with van der Waals surface area (Å²) in [7, 11) is 0. The maximum atomic E-state index is 11.0. The van der Waals surface area contributed by atoms with Gasteiger partial charge in [0.2, 0.25) is 0 Å². The van der Waals surface area contributed by atoms with E-state index >= 15 is 0 Å². The molecule has 0 aliphatic carbocycles. The second-order valence-corrected chi connectivity index (χ2v) is 4.71. The minimum atomic E-state index is -0.410. The van der Waals surface area contributed by atoms with Gasteiger partial charge in [0.1, 0.15) is 13.2 Å². The molecular weight excluding hydrogens is 258 g/mol. The number of rotatable bonds is 4. The molecule has 6 heteroatoms. The Bertz CT molecular complexity index is 464. The molecular formula is C12H14ClNO4. The first-order chi connectivity index (χ1) is 8.61. The van der Waals surface area contributed by atoms with E-state index in [1.165, 1.54) is 6.07 Å². The summed E-state index contributed by atoms with van der Waals surface area (Å²) in [6.45, 7) is 2.82. The van der Waals surface area contributed by atoms with Gasteiger partial charge in [-0.05, 0) is 18.9 Å². The van der Waals surface area contributed by atoms with E-state index in [0.717, 1.165) is 6.42 Å². The lowest BCUT2D eigenvalue weighted by Gasteiger charge is -2.19. The van der Waals surface area contributed by atoms with Crippen molar-refractivity contribution in [1.29, 1.82) is 0 Å². The van der Waals surface area contributed by atoms with Crippen molar-refractivity contribution in [2.45, 2.75) is 25.1 Å². The van der Waals surface area contributed by atoms with Gasteiger partial charge in [-0.15, -0.1) is 11.6 Å². The number of benzene rings is 1. The molecule has 98 valence electrons. The van der Waals surface area contributed by atoms with E-state index in [0.29, 0.717) is 36.7 Å². The van der Waals surface area contributed by atoms with Crippen LogP contribution in [0.4, 0.5) is 5.69 Å². The van der Waals surface area contributed by atoms with Crippen molar-refractivity contribution in [2.24, 2.45) is 0 Å². The fraction of sp³-hybridized carbons (Fsp3) is 0.500. The van der Waals surface area contributed by atoms with Crippen molar-refractivity contribution in [3.05, 3.63) is 27.8 Å². The molecule has 1 aliphatic rings. The van der Waals surface area contributed by atoms with Crippen LogP contribution >= 0.6 is 11.6 Å². The average Bonchev–Trinajstić information content (AvgIpc) is 2.37. The first-order valence-electron chi connectivity index (χ1n) is 5.82. The molecule has 1 aromatic rings. The van der Waals surface area contributed by atoms with E-state index < -0.39 is 4.92 Å². The van der Waals surface area contributed by atoms with Crippen LogP contribution in [0.1, 0.15) is 18.9 Å². The SMILES string of the molecule is CCC(Cl)Cc1cc2c(cc1[N+](=O)[O-])OCCO2. The summed E-state index contributed by atoms with van der Waals surface area (Å²) in [6.07, 6.45) is 1.21. The van der Waals surface area contributed by atoms with Crippen LogP contribution in [-0.4, -0.2) is 23.5 Å². The third-order valence-electron chi connectivity index (χ3n) is 2.82.